The highest BCUT2D eigenvalue weighted by atomic mass is 35.5. The third kappa shape index (κ3) is 2.98. The van der Waals surface area contributed by atoms with Crippen LogP contribution in [0.1, 0.15) is 0 Å². The van der Waals surface area contributed by atoms with Crippen molar-refractivity contribution < 1.29 is 8.42 Å². The molecule has 1 aliphatic rings. The molecule has 2 heterocycles. The van der Waals surface area contributed by atoms with E-state index in [0.29, 0.717) is 15.3 Å². The first-order valence-electron chi connectivity index (χ1n) is 8.52. The van der Waals surface area contributed by atoms with Crippen LogP contribution in [0.5, 0.6) is 0 Å². The van der Waals surface area contributed by atoms with E-state index < -0.39 is 9.84 Å². The Morgan fingerprint density at radius 1 is 1.08 bits per heavy atom. The van der Waals surface area contributed by atoms with Crippen LogP contribution in [0.3, 0.4) is 0 Å². The maximum absolute atomic E-state index is 13.3. The van der Waals surface area contributed by atoms with Gasteiger partial charge in [0.2, 0.25) is 9.84 Å². The summed E-state index contributed by atoms with van der Waals surface area (Å²) < 4.78 is 28.5. The second-order valence-corrected chi connectivity index (χ2v) is 8.86. The molecule has 4 rings (SSSR count). The number of hydrogen-bond acceptors (Lipinski definition) is 4. The van der Waals surface area contributed by atoms with Gasteiger partial charge in [-0.05, 0) is 36.4 Å². The Kier molecular flexibility index (Phi) is 4.42. The molecular weight excluding hydrogens is 370 g/mol. The van der Waals surface area contributed by atoms with E-state index in [-0.39, 0.29) is 4.90 Å². The molecular formula is C19H20ClN3O2S. The highest BCUT2D eigenvalue weighted by Crippen LogP contribution is 2.32. The van der Waals surface area contributed by atoms with Crippen molar-refractivity contribution >= 4 is 38.0 Å². The maximum Gasteiger partial charge on any atom is 0.208 e. The number of rotatable bonds is 3. The maximum atomic E-state index is 13.3. The van der Waals surface area contributed by atoms with Crippen molar-refractivity contribution in [1.82, 2.24) is 9.88 Å². The molecule has 0 bridgehead atoms. The second-order valence-electron chi connectivity index (χ2n) is 6.50. The third-order valence-corrected chi connectivity index (χ3v) is 6.83. The van der Waals surface area contributed by atoms with Crippen LogP contribution in [-0.4, -0.2) is 39.2 Å². The summed E-state index contributed by atoms with van der Waals surface area (Å²) in [7, 11) is -1.80. The van der Waals surface area contributed by atoms with Crippen LogP contribution in [0, 0.1) is 0 Å². The lowest BCUT2D eigenvalue weighted by molar-refractivity contribution is 0.587. The number of piperazine rings is 1. The Balaban J connectivity index is 1.81. The number of anilines is 1. The van der Waals surface area contributed by atoms with Gasteiger partial charge >= 0.3 is 0 Å². The van der Waals surface area contributed by atoms with Gasteiger partial charge in [0.25, 0.3) is 0 Å². The number of aryl methyl sites for hydroxylation is 1. The van der Waals surface area contributed by atoms with E-state index in [1.807, 2.05) is 29.8 Å². The van der Waals surface area contributed by atoms with E-state index in [0.717, 1.165) is 37.4 Å². The minimum absolute atomic E-state index is 0.287. The van der Waals surface area contributed by atoms with Gasteiger partial charge in [0.1, 0.15) is 0 Å². The molecule has 0 aliphatic carbocycles. The Labute approximate surface area is 158 Å². The van der Waals surface area contributed by atoms with E-state index in [1.165, 1.54) is 0 Å². The summed E-state index contributed by atoms with van der Waals surface area (Å²) in [5.41, 5.74) is 1.78. The first-order chi connectivity index (χ1) is 12.5. The molecule has 26 heavy (non-hydrogen) atoms. The van der Waals surface area contributed by atoms with Crippen LogP contribution >= 0.6 is 11.6 Å². The Bertz CT molecular complexity index is 1070. The summed E-state index contributed by atoms with van der Waals surface area (Å²) in [6.07, 6.45) is 1.66. The van der Waals surface area contributed by atoms with Crippen molar-refractivity contribution in [2.24, 2.45) is 7.05 Å². The summed E-state index contributed by atoms with van der Waals surface area (Å²) in [5, 5.41) is 4.48. The van der Waals surface area contributed by atoms with Gasteiger partial charge in [0.05, 0.1) is 9.79 Å². The van der Waals surface area contributed by atoms with Gasteiger partial charge in [-0.3, -0.25) is 0 Å². The number of sulfone groups is 1. The molecule has 1 N–H and O–H groups in total. The lowest BCUT2D eigenvalue weighted by Crippen LogP contribution is -2.43. The number of nitrogens with one attached hydrogen (secondary N) is 1. The molecule has 5 nitrogen and oxygen atoms in total. The van der Waals surface area contributed by atoms with Gasteiger partial charge in [-0.25, -0.2) is 8.42 Å². The topological polar surface area (TPSA) is 54.3 Å². The normalized spacial score (nSPS) is 15.5. The average molecular weight is 390 g/mol. The molecule has 0 unspecified atom stereocenters. The van der Waals surface area contributed by atoms with Gasteiger partial charge < -0.3 is 14.8 Å². The molecule has 2 aromatic carbocycles. The molecule has 0 amide bonds. The minimum atomic E-state index is -3.64. The van der Waals surface area contributed by atoms with Crippen LogP contribution in [-0.2, 0) is 16.9 Å². The van der Waals surface area contributed by atoms with Crippen LogP contribution < -0.4 is 10.2 Å². The van der Waals surface area contributed by atoms with Crippen molar-refractivity contribution in [3.05, 3.63) is 53.7 Å². The zero-order chi connectivity index (χ0) is 18.3. The van der Waals surface area contributed by atoms with Gasteiger partial charge in [-0.1, -0.05) is 17.7 Å². The smallest absolute Gasteiger partial charge is 0.208 e. The van der Waals surface area contributed by atoms with Gasteiger partial charge in [0, 0.05) is 61.0 Å². The molecule has 136 valence electrons. The standard InChI is InChI=1S/C19H20ClN3O2S/c1-22-13-19(17-11-14(20)5-6-18(17)22)26(24,25)16-4-2-3-15(12-16)23-9-7-21-8-10-23/h2-6,11-13,21H,7-10H2,1H3. The summed E-state index contributed by atoms with van der Waals surface area (Å²) >= 11 is 6.11. The largest absolute Gasteiger partial charge is 0.369 e. The molecule has 0 atom stereocenters. The van der Waals surface area contributed by atoms with E-state index in [1.54, 1.807) is 30.5 Å². The van der Waals surface area contributed by atoms with Crippen molar-refractivity contribution in [2.45, 2.75) is 9.79 Å². The number of aromatic nitrogens is 1. The lowest BCUT2D eigenvalue weighted by atomic mass is 10.2. The van der Waals surface area contributed by atoms with E-state index in [4.69, 9.17) is 11.6 Å². The van der Waals surface area contributed by atoms with Gasteiger partial charge in [-0.15, -0.1) is 0 Å². The summed E-state index contributed by atoms with van der Waals surface area (Å²) in [5.74, 6) is 0. The molecule has 0 spiro atoms. The van der Waals surface area contributed by atoms with E-state index in [9.17, 15) is 8.42 Å². The fourth-order valence-corrected chi connectivity index (χ4v) is 5.15. The van der Waals surface area contributed by atoms with Crippen molar-refractivity contribution in [3.8, 4) is 0 Å². The van der Waals surface area contributed by atoms with Crippen LogP contribution in [0.15, 0.2) is 58.5 Å². The molecule has 1 fully saturated rings. The number of benzene rings is 2. The molecule has 0 saturated carbocycles. The first kappa shape index (κ1) is 17.4. The number of nitrogens with zero attached hydrogens (tertiary/aromatic N) is 2. The number of fused-ring (bicyclic) bond motifs is 1. The van der Waals surface area contributed by atoms with Crippen LogP contribution in [0.25, 0.3) is 10.9 Å². The Morgan fingerprint density at radius 2 is 1.85 bits per heavy atom. The van der Waals surface area contributed by atoms with Crippen LogP contribution in [0.2, 0.25) is 5.02 Å². The summed E-state index contributed by atoms with van der Waals surface area (Å²) in [4.78, 5) is 2.80. The van der Waals surface area contributed by atoms with Crippen molar-refractivity contribution in [3.63, 3.8) is 0 Å². The monoisotopic (exact) mass is 389 g/mol. The minimum Gasteiger partial charge on any atom is -0.369 e. The molecule has 3 aromatic rings. The molecule has 1 aromatic heterocycles. The first-order valence-corrected chi connectivity index (χ1v) is 10.4. The fourth-order valence-electron chi connectivity index (χ4n) is 3.44. The Morgan fingerprint density at radius 3 is 2.62 bits per heavy atom. The predicted molar refractivity (Wildman–Crippen MR) is 105 cm³/mol. The zero-order valence-corrected chi connectivity index (χ0v) is 16.0. The summed E-state index contributed by atoms with van der Waals surface area (Å²) in [6.45, 7) is 3.54. The molecule has 1 aliphatic heterocycles. The lowest BCUT2D eigenvalue weighted by Gasteiger charge is -2.29. The van der Waals surface area contributed by atoms with Gasteiger partial charge in [-0.2, -0.15) is 0 Å². The van der Waals surface area contributed by atoms with E-state index >= 15 is 0 Å². The Hall–Kier alpha value is -2.02. The highest BCUT2D eigenvalue weighted by Gasteiger charge is 2.24. The molecule has 7 heteroatoms. The number of halogens is 1. The molecule has 0 radical (unpaired) electrons. The van der Waals surface area contributed by atoms with Crippen LogP contribution in [0.4, 0.5) is 5.69 Å². The summed E-state index contributed by atoms with van der Waals surface area (Å²) in [6, 6.07) is 12.5. The molecule has 1 saturated heterocycles. The van der Waals surface area contributed by atoms with E-state index in [2.05, 4.69) is 10.2 Å². The fraction of sp³-hybridized carbons (Fsp3) is 0.263. The SMILES string of the molecule is Cn1cc(S(=O)(=O)c2cccc(N3CCNCC3)c2)c2cc(Cl)ccc21. The quantitative estimate of drug-likeness (QED) is 0.748. The second kappa shape index (κ2) is 6.61. The number of hydrogen-bond donors (Lipinski definition) is 1. The highest BCUT2D eigenvalue weighted by molar-refractivity contribution is 7.91. The van der Waals surface area contributed by atoms with Gasteiger partial charge in [0.15, 0.2) is 0 Å². The predicted octanol–water partition coefficient (Wildman–Crippen LogP) is 3.07. The average Bonchev–Trinajstić information content (AvgIpc) is 2.99. The third-order valence-electron chi connectivity index (χ3n) is 4.81. The van der Waals surface area contributed by atoms with Crippen molar-refractivity contribution in [2.75, 3.05) is 31.1 Å². The van der Waals surface area contributed by atoms with Crippen molar-refractivity contribution in [1.29, 1.82) is 0 Å². The zero-order valence-electron chi connectivity index (χ0n) is 14.4.